The van der Waals surface area contributed by atoms with Gasteiger partial charge in [0.15, 0.2) is 0 Å². The van der Waals surface area contributed by atoms with E-state index in [1.807, 2.05) is 6.08 Å². The largest absolute Gasteiger partial charge is 0.516 e. The molecule has 1 heterocycles. The zero-order valence-electron chi connectivity index (χ0n) is 13.4. The van der Waals surface area contributed by atoms with Gasteiger partial charge in [-0.05, 0) is 32.9 Å². The molecule has 3 heteroatoms. The molecule has 1 N–H and O–H groups in total. The number of allylic oxidation sites excluding steroid dienone is 1. The lowest BCUT2D eigenvalue weighted by Crippen LogP contribution is -2.44. The van der Waals surface area contributed by atoms with Crippen molar-refractivity contribution in [3.63, 3.8) is 0 Å². The maximum atomic E-state index is 8.51. The summed E-state index contributed by atoms with van der Waals surface area (Å²) in [6.07, 6.45) is 14.9. The molecule has 0 saturated carbocycles. The number of piperazine rings is 1. The molecule has 0 radical (unpaired) electrons. The van der Waals surface area contributed by atoms with Gasteiger partial charge in [-0.3, -0.25) is 0 Å². The van der Waals surface area contributed by atoms with Crippen LogP contribution in [0.1, 0.15) is 57.8 Å². The Morgan fingerprint density at radius 2 is 1.35 bits per heavy atom. The quantitative estimate of drug-likeness (QED) is 0.461. The molecular weight excluding hydrogens is 248 g/mol. The summed E-state index contributed by atoms with van der Waals surface area (Å²) in [4.78, 5) is 5.04. The molecule has 1 rings (SSSR count). The molecule has 0 amide bonds. The molecule has 0 aliphatic carbocycles. The van der Waals surface area contributed by atoms with Crippen molar-refractivity contribution >= 4 is 0 Å². The molecular formula is C17H34N2O. The zero-order valence-corrected chi connectivity index (χ0v) is 13.4. The van der Waals surface area contributed by atoms with Crippen LogP contribution in [0.3, 0.4) is 0 Å². The Bertz CT molecular complexity index is 235. The van der Waals surface area contributed by atoms with E-state index in [1.165, 1.54) is 90.4 Å². The summed E-state index contributed by atoms with van der Waals surface area (Å²) in [5.74, 6) is 0. The number of likely N-dealkylation sites (N-methyl/N-ethyl adjacent to an activating group) is 1. The number of nitrogens with zero attached hydrogens (tertiary/aromatic N) is 2. The first-order chi connectivity index (χ1) is 9.83. The Labute approximate surface area is 125 Å². The molecule has 1 saturated heterocycles. The second kappa shape index (κ2) is 12.2. The van der Waals surface area contributed by atoms with E-state index < -0.39 is 0 Å². The lowest BCUT2D eigenvalue weighted by Gasteiger charge is -2.32. The molecule has 1 aliphatic heterocycles. The molecule has 0 aromatic heterocycles. The fraction of sp³-hybridized carbons (Fsp3) is 0.882. The van der Waals surface area contributed by atoms with Crippen LogP contribution in [0.2, 0.25) is 0 Å². The van der Waals surface area contributed by atoms with Crippen LogP contribution in [0, 0.1) is 0 Å². The molecule has 0 unspecified atom stereocenters. The maximum absolute atomic E-state index is 8.51. The summed E-state index contributed by atoms with van der Waals surface area (Å²) < 4.78 is 0. The third kappa shape index (κ3) is 9.38. The highest BCUT2D eigenvalue weighted by Crippen LogP contribution is 2.10. The minimum atomic E-state index is 1.03. The monoisotopic (exact) mass is 282 g/mol. The van der Waals surface area contributed by atoms with Gasteiger partial charge in [-0.1, -0.05) is 44.6 Å². The Kier molecular flexibility index (Phi) is 10.7. The molecule has 0 bridgehead atoms. The molecule has 1 fully saturated rings. The van der Waals surface area contributed by atoms with Crippen LogP contribution in [0.4, 0.5) is 0 Å². The minimum Gasteiger partial charge on any atom is -0.516 e. The van der Waals surface area contributed by atoms with Crippen molar-refractivity contribution in [3.05, 3.63) is 12.3 Å². The van der Waals surface area contributed by atoms with Gasteiger partial charge in [0, 0.05) is 26.2 Å². The predicted molar refractivity (Wildman–Crippen MR) is 87.3 cm³/mol. The van der Waals surface area contributed by atoms with Crippen LogP contribution in [-0.4, -0.2) is 54.7 Å². The van der Waals surface area contributed by atoms with Gasteiger partial charge in [-0.15, -0.1) is 0 Å². The van der Waals surface area contributed by atoms with Crippen LogP contribution >= 0.6 is 0 Å². The van der Waals surface area contributed by atoms with Crippen LogP contribution < -0.4 is 0 Å². The molecule has 0 aromatic rings. The first-order valence-corrected chi connectivity index (χ1v) is 8.53. The van der Waals surface area contributed by atoms with Crippen molar-refractivity contribution in [1.29, 1.82) is 0 Å². The third-order valence-corrected chi connectivity index (χ3v) is 4.30. The van der Waals surface area contributed by atoms with Gasteiger partial charge in [0.2, 0.25) is 0 Å². The average Bonchev–Trinajstić information content (AvgIpc) is 2.47. The van der Waals surface area contributed by atoms with Crippen molar-refractivity contribution in [2.45, 2.75) is 57.8 Å². The summed E-state index contributed by atoms with van der Waals surface area (Å²) >= 11 is 0. The first-order valence-electron chi connectivity index (χ1n) is 8.53. The van der Waals surface area contributed by atoms with Crippen molar-refractivity contribution in [3.8, 4) is 0 Å². The van der Waals surface area contributed by atoms with Gasteiger partial charge in [0.1, 0.15) is 0 Å². The molecule has 1 aliphatic rings. The Morgan fingerprint density at radius 1 is 0.800 bits per heavy atom. The molecule has 118 valence electrons. The number of hydrogen-bond donors (Lipinski definition) is 1. The van der Waals surface area contributed by atoms with E-state index in [2.05, 4.69) is 16.8 Å². The highest BCUT2D eigenvalue weighted by atomic mass is 16.2. The zero-order chi connectivity index (χ0) is 14.5. The summed E-state index contributed by atoms with van der Waals surface area (Å²) in [5, 5.41) is 8.51. The van der Waals surface area contributed by atoms with Crippen molar-refractivity contribution in [1.82, 2.24) is 9.80 Å². The SMILES string of the molecule is CN1CCN(CCCCCCCCCCC=CO)CC1. The second-order valence-corrected chi connectivity index (χ2v) is 6.15. The van der Waals surface area contributed by atoms with Gasteiger partial charge < -0.3 is 14.9 Å². The highest BCUT2D eigenvalue weighted by Gasteiger charge is 2.12. The Balaban J connectivity index is 1.76. The van der Waals surface area contributed by atoms with Gasteiger partial charge >= 0.3 is 0 Å². The van der Waals surface area contributed by atoms with Crippen molar-refractivity contribution in [2.75, 3.05) is 39.8 Å². The van der Waals surface area contributed by atoms with E-state index in [0.29, 0.717) is 0 Å². The van der Waals surface area contributed by atoms with E-state index in [4.69, 9.17) is 5.11 Å². The summed E-state index contributed by atoms with van der Waals surface area (Å²) in [7, 11) is 2.22. The van der Waals surface area contributed by atoms with Crippen molar-refractivity contribution in [2.24, 2.45) is 0 Å². The molecule has 3 nitrogen and oxygen atoms in total. The van der Waals surface area contributed by atoms with Gasteiger partial charge in [-0.2, -0.15) is 0 Å². The molecule has 20 heavy (non-hydrogen) atoms. The topological polar surface area (TPSA) is 26.7 Å². The number of aliphatic hydroxyl groups excluding tert-OH is 1. The van der Waals surface area contributed by atoms with Crippen LogP contribution in [0.5, 0.6) is 0 Å². The van der Waals surface area contributed by atoms with Crippen LogP contribution in [-0.2, 0) is 0 Å². The normalized spacial score (nSPS) is 18.1. The van der Waals surface area contributed by atoms with Crippen LogP contribution in [0.15, 0.2) is 12.3 Å². The highest BCUT2D eigenvalue weighted by molar-refractivity contribution is 4.71. The third-order valence-electron chi connectivity index (χ3n) is 4.30. The van der Waals surface area contributed by atoms with Gasteiger partial charge in [0.25, 0.3) is 0 Å². The number of hydrogen-bond acceptors (Lipinski definition) is 3. The maximum Gasteiger partial charge on any atom is 0.0751 e. The molecule has 0 spiro atoms. The lowest BCUT2D eigenvalue weighted by molar-refractivity contribution is 0.152. The van der Waals surface area contributed by atoms with E-state index in [9.17, 15) is 0 Å². The van der Waals surface area contributed by atoms with E-state index in [-0.39, 0.29) is 0 Å². The second-order valence-electron chi connectivity index (χ2n) is 6.15. The van der Waals surface area contributed by atoms with Gasteiger partial charge in [-0.25, -0.2) is 0 Å². The summed E-state index contributed by atoms with van der Waals surface area (Å²) in [6.45, 7) is 6.32. The standard InChI is InChI=1S/C17H34N2O/c1-18-13-15-19(16-14-18)12-10-8-6-4-2-3-5-7-9-11-17-20/h11,17,20H,2-10,12-16H2,1H3. The Morgan fingerprint density at radius 3 is 1.95 bits per heavy atom. The van der Waals surface area contributed by atoms with Gasteiger partial charge in [0.05, 0.1) is 6.26 Å². The predicted octanol–water partition coefficient (Wildman–Crippen LogP) is 3.82. The number of rotatable bonds is 11. The average molecular weight is 282 g/mol. The summed E-state index contributed by atoms with van der Waals surface area (Å²) in [6, 6.07) is 0. The number of unbranched alkanes of at least 4 members (excludes halogenated alkanes) is 8. The molecule has 0 atom stereocenters. The number of aliphatic hydroxyl groups is 1. The fourth-order valence-corrected chi connectivity index (χ4v) is 2.80. The molecule has 0 aromatic carbocycles. The first kappa shape index (κ1) is 17.5. The van der Waals surface area contributed by atoms with E-state index >= 15 is 0 Å². The smallest absolute Gasteiger partial charge is 0.0751 e. The summed E-state index contributed by atoms with van der Waals surface area (Å²) in [5.41, 5.74) is 0. The fourth-order valence-electron chi connectivity index (χ4n) is 2.80. The van der Waals surface area contributed by atoms with Crippen LogP contribution in [0.25, 0.3) is 0 Å². The minimum absolute atomic E-state index is 1.03. The van der Waals surface area contributed by atoms with E-state index in [0.717, 1.165) is 6.42 Å². The van der Waals surface area contributed by atoms with Crippen molar-refractivity contribution < 1.29 is 5.11 Å². The lowest BCUT2D eigenvalue weighted by atomic mass is 10.1. The Hall–Kier alpha value is -0.540. The van der Waals surface area contributed by atoms with E-state index in [1.54, 1.807) is 0 Å².